The normalized spacial score (nSPS) is 10.0. The van der Waals surface area contributed by atoms with Gasteiger partial charge in [0, 0.05) is 33.8 Å². The molecule has 0 aromatic heterocycles. The van der Waals surface area contributed by atoms with Crippen LogP contribution < -0.4 is 14.5 Å². The number of methoxy groups -OCH3 is 1. The van der Waals surface area contributed by atoms with Gasteiger partial charge in [-0.25, -0.2) is 9.80 Å². The number of benzene rings is 1. The minimum atomic E-state index is -0.524. The molecule has 0 fully saturated rings. The number of anilines is 2. The zero-order chi connectivity index (χ0) is 17.9. The molecule has 0 N–H and O–H groups in total. The molecular formula is C15H17ClN2O5. The highest BCUT2D eigenvalue weighted by Gasteiger charge is 2.26. The lowest BCUT2D eigenvalue weighted by Crippen LogP contribution is -2.35. The number of hydrogen-bond donors (Lipinski definition) is 0. The zero-order valence-corrected chi connectivity index (χ0v) is 14.2. The fourth-order valence-electron chi connectivity index (χ4n) is 2.16. The van der Waals surface area contributed by atoms with Crippen molar-refractivity contribution in [2.75, 3.05) is 16.9 Å². The van der Waals surface area contributed by atoms with Crippen LogP contribution in [-0.2, 0) is 19.2 Å². The maximum absolute atomic E-state index is 11.7. The summed E-state index contributed by atoms with van der Waals surface area (Å²) in [4.78, 5) is 48.5. The van der Waals surface area contributed by atoms with Gasteiger partial charge < -0.3 is 4.74 Å². The van der Waals surface area contributed by atoms with E-state index in [9.17, 15) is 19.2 Å². The summed E-state index contributed by atoms with van der Waals surface area (Å²) in [6, 6.07) is 2.64. The van der Waals surface area contributed by atoms with Gasteiger partial charge >= 0.3 is 0 Å². The molecule has 0 spiro atoms. The Kier molecular flexibility index (Phi) is 5.86. The van der Waals surface area contributed by atoms with Crippen LogP contribution in [0.15, 0.2) is 12.1 Å². The third-order valence-corrected chi connectivity index (χ3v) is 3.29. The summed E-state index contributed by atoms with van der Waals surface area (Å²) in [7, 11) is 1.33. The van der Waals surface area contributed by atoms with E-state index in [-0.39, 0.29) is 22.1 Å². The number of imide groups is 2. The second-order valence-corrected chi connectivity index (χ2v) is 5.13. The number of carbonyl (C=O) groups is 4. The largest absolute Gasteiger partial charge is 0.494 e. The quantitative estimate of drug-likeness (QED) is 0.841. The Morgan fingerprint density at radius 1 is 0.826 bits per heavy atom. The molecule has 0 aliphatic rings. The van der Waals surface area contributed by atoms with Crippen molar-refractivity contribution in [2.24, 2.45) is 0 Å². The maximum atomic E-state index is 11.7. The molecule has 0 radical (unpaired) electrons. The Morgan fingerprint density at radius 3 is 1.57 bits per heavy atom. The van der Waals surface area contributed by atoms with Gasteiger partial charge in [0.05, 0.1) is 23.5 Å². The predicted octanol–water partition coefficient (Wildman–Crippen LogP) is 2.15. The van der Waals surface area contributed by atoms with E-state index in [1.807, 2.05) is 0 Å². The van der Waals surface area contributed by atoms with Crippen molar-refractivity contribution in [1.82, 2.24) is 0 Å². The van der Waals surface area contributed by atoms with E-state index < -0.39 is 23.6 Å². The molecule has 23 heavy (non-hydrogen) atoms. The van der Waals surface area contributed by atoms with Crippen molar-refractivity contribution < 1.29 is 23.9 Å². The Bertz CT molecular complexity index is 659. The minimum Gasteiger partial charge on any atom is -0.494 e. The Morgan fingerprint density at radius 2 is 1.22 bits per heavy atom. The van der Waals surface area contributed by atoms with Crippen LogP contribution in [0, 0.1) is 0 Å². The molecule has 1 rings (SSSR count). The van der Waals surface area contributed by atoms with Crippen LogP contribution >= 0.6 is 11.6 Å². The zero-order valence-electron chi connectivity index (χ0n) is 13.5. The third kappa shape index (κ3) is 3.87. The second kappa shape index (κ2) is 7.23. The molecule has 4 amide bonds. The minimum absolute atomic E-state index is 0.0266. The molecule has 8 heteroatoms. The molecular weight excluding hydrogens is 324 g/mol. The highest BCUT2D eigenvalue weighted by molar-refractivity contribution is 6.35. The molecule has 0 heterocycles. The molecule has 0 atom stereocenters. The topological polar surface area (TPSA) is 84.0 Å². The first-order valence-electron chi connectivity index (χ1n) is 6.61. The van der Waals surface area contributed by atoms with E-state index >= 15 is 0 Å². The number of rotatable bonds is 3. The van der Waals surface area contributed by atoms with Crippen molar-refractivity contribution in [1.29, 1.82) is 0 Å². The van der Waals surface area contributed by atoms with Crippen molar-refractivity contribution in [2.45, 2.75) is 27.7 Å². The summed E-state index contributed by atoms with van der Waals surface area (Å²) in [6.07, 6.45) is 0. The fraction of sp³-hybridized carbons (Fsp3) is 0.333. The van der Waals surface area contributed by atoms with Gasteiger partial charge in [0.25, 0.3) is 0 Å². The van der Waals surface area contributed by atoms with Crippen LogP contribution in [0.5, 0.6) is 5.75 Å². The number of halogens is 1. The Balaban J connectivity index is 3.60. The van der Waals surface area contributed by atoms with Gasteiger partial charge in [0.15, 0.2) is 0 Å². The van der Waals surface area contributed by atoms with Crippen LogP contribution in [0.1, 0.15) is 27.7 Å². The summed E-state index contributed by atoms with van der Waals surface area (Å²) in [5, 5.41) is 0.0266. The molecule has 0 unspecified atom stereocenters. The molecule has 0 bridgehead atoms. The van der Waals surface area contributed by atoms with Gasteiger partial charge in [-0.05, 0) is 6.07 Å². The monoisotopic (exact) mass is 340 g/mol. The van der Waals surface area contributed by atoms with Gasteiger partial charge in [0.1, 0.15) is 5.75 Å². The molecule has 1 aromatic carbocycles. The Labute approximate surface area is 138 Å². The highest BCUT2D eigenvalue weighted by Crippen LogP contribution is 2.39. The maximum Gasteiger partial charge on any atom is 0.230 e. The average molecular weight is 341 g/mol. The van der Waals surface area contributed by atoms with Gasteiger partial charge in [-0.2, -0.15) is 0 Å². The Hall–Kier alpha value is -2.41. The van der Waals surface area contributed by atoms with Crippen molar-refractivity contribution in [3.05, 3.63) is 17.2 Å². The van der Waals surface area contributed by atoms with E-state index in [0.29, 0.717) is 0 Å². The van der Waals surface area contributed by atoms with E-state index in [1.165, 1.54) is 46.9 Å². The van der Waals surface area contributed by atoms with E-state index in [1.54, 1.807) is 0 Å². The average Bonchev–Trinajstić information content (AvgIpc) is 2.39. The number of nitrogens with zero attached hydrogens (tertiary/aromatic N) is 2. The smallest absolute Gasteiger partial charge is 0.230 e. The molecule has 0 aliphatic carbocycles. The fourth-order valence-corrected chi connectivity index (χ4v) is 2.41. The van der Waals surface area contributed by atoms with E-state index in [4.69, 9.17) is 16.3 Å². The van der Waals surface area contributed by atoms with Crippen LogP contribution in [0.25, 0.3) is 0 Å². The first kappa shape index (κ1) is 18.6. The standard InChI is InChI=1S/C15H17ClN2O5/c1-8(19)17(9(2)20)13-7-15(23-5)14(6-12(13)16)18(10(3)21)11(4)22/h6-7H,1-5H3. The molecule has 124 valence electrons. The number of amides is 4. The second-order valence-electron chi connectivity index (χ2n) is 4.72. The van der Waals surface area contributed by atoms with Gasteiger partial charge in [-0.1, -0.05) is 11.6 Å². The predicted molar refractivity (Wildman–Crippen MR) is 85.7 cm³/mol. The van der Waals surface area contributed by atoms with Crippen LogP contribution in [0.4, 0.5) is 11.4 Å². The number of carbonyl (C=O) groups excluding carboxylic acids is 4. The summed E-state index contributed by atoms with van der Waals surface area (Å²) >= 11 is 6.14. The number of ether oxygens (including phenoxy) is 1. The van der Waals surface area contributed by atoms with E-state index in [2.05, 4.69) is 0 Å². The van der Waals surface area contributed by atoms with Crippen LogP contribution in [-0.4, -0.2) is 30.7 Å². The first-order valence-corrected chi connectivity index (χ1v) is 6.99. The molecule has 0 saturated heterocycles. The van der Waals surface area contributed by atoms with Gasteiger partial charge in [-0.3, -0.25) is 19.2 Å². The van der Waals surface area contributed by atoms with Crippen molar-refractivity contribution in [3.63, 3.8) is 0 Å². The highest BCUT2D eigenvalue weighted by atomic mass is 35.5. The summed E-state index contributed by atoms with van der Waals surface area (Å²) < 4.78 is 5.18. The lowest BCUT2D eigenvalue weighted by Gasteiger charge is -2.24. The lowest BCUT2D eigenvalue weighted by atomic mass is 10.2. The van der Waals surface area contributed by atoms with Gasteiger partial charge in [-0.15, -0.1) is 0 Å². The first-order chi connectivity index (χ1) is 10.6. The summed E-state index contributed by atoms with van der Waals surface area (Å²) in [6.45, 7) is 4.88. The van der Waals surface area contributed by atoms with Crippen molar-refractivity contribution >= 4 is 46.6 Å². The van der Waals surface area contributed by atoms with E-state index in [0.717, 1.165) is 9.80 Å². The molecule has 0 saturated carbocycles. The summed E-state index contributed by atoms with van der Waals surface area (Å²) in [5.74, 6) is -1.96. The SMILES string of the molecule is COc1cc(N(C(C)=O)C(C)=O)c(Cl)cc1N(C(C)=O)C(C)=O. The number of hydrogen-bond acceptors (Lipinski definition) is 5. The van der Waals surface area contributed by atoms with Crippen molar-refractivity contribution in [3.8, 4) is 5.75 Å². The van der Waals surface area contributed by atoms with Gasteiger partial charge in [0.2, 0.25) is 23.6 Å². The molecule has 1 aromatic rings. The van der Waals surface area contributed by atoms with Crippen LogP contribution in [0.2, 0.25) is 5.02 Å². The summed E-state index contributed by atoms with van der Waals surface area (Å²) in [5.41, 5.74) is 0.243. The lowest BCUT2D eigenvalue weighted by molar-refractivity contribution is -0.126. The molecule has 0 aliphatic heterocycles. The van der Waals surface area contributed by atoms with Crippen LogP contribution in [0.3, 0.4) is 0 Å². The third-order valence-electron chi connectivity index (χ3n) is 2.99. The molecule has 7 nitrogen and oxygen atoms in total.